The second-order valence-corrected chi connectivity index (χ2v) is 7.26. The summed E-state index contributed by atoms with van der Waals surface area (Å²) in [6, 6.07) is 0. The zero-order valence-electron chi connectivity index (χ0n) is 10.5. The maximum atomic E-state index is 12.0. The van der Waals surface area contributed by atoms with E-state index in [1.165, 1.54) is 15.6 Å². The Labute approximate surface area is 116 Å². The van der Waals surface area contributed by atoms with Crippen LogP contribution in [0.2, 0.25) is 0 Å². The number of carbonyl (C=O) groups is 1. The molecule has 0 aliphatic carbocycles. The number of nitrogens with zero attached hydrogens (tertiary/aromatic N) is 2. The quantitative estimate of drug-likeness (QED) is 0.838. The van der Waals surface area contributed by atoms with E-state index in [1.54, 1.807) is 6.20 Å². The molecule has 2 rings (SSSR count). The third-order valence-corrected chi connectivity index (χ3v) is 4.95. The molecular weight excluding hydrogens is 288 g/mol. The third-order valence-electron chi connectivity index (χ3n) is 3.04. The smallest absolute Gasteiger partial charge is 0.276 e. The fourth-order valence-electron chi connectivity index (χ4n) is 1.99. The van der Waals surface area contributed by atoms with Crippen LogP contribution < -0.4 is 10.5 Å². The minimum Gasteiger partial charge on any atom is -0.302 e. The minimum absolute atomic E-state index is 0.108. The van der Waals surface area contributed by atoms with Gasteiger partial charge in [-0.1, -0.05) is 0 Å². The highest BCUT2D eigenvalue weighted by Gasteiger charge is 2.29. The highest BCUT2D eigenvalue weighted by molar-refractivity contribution is 7.86. The predicted molar refractivity (Wildman–Crippen MR) is 72.9 cm³/mol. The van der Waals surface area contributed by atoms with Crippen LogP contribution in [-0.2, 0) is 15.0 Å². The van der Waals surface area contributed by atoms with Crippen molar-refractivity contribution in [2.24, 2.45) is 11.1 Å². The van der Waals surface area contributed by atoms with Gasteiger partial charge in [0, 0.05) is 30.1 Å². The Kier molecular flexibility index (Phi) is 4.19. The minimum atomic E-state index is -3.64. The number of nitrogens with two attached hydrogens (primary N) is 1. The second kappa shape index (κ2) is 5.53. The van der Waals surface area contributed by atoms with Crippen LogP contribution in [0.1, 0.15) is 17.7 Å². The predicted octanol–water partition coefficient (Wildman–Crippen LogP) is 0.306. The molecule has 0 aromatic carbocycles. The van der Waals surface area contributed by atoms with Gasteiger partial charge in [-0.2, -0.15) is 12.7 Å². The van der Waals surface area contributed by atoms with Gasteiger partial charge >= 0.3 is 0 Å². The Hall–Kier alpha value is -1.03. The summed E-state index contributed by atoms with van der Waals surface area (Å²) in [5.74, 6) is -0.300. The van der Waals surface area contributed by atoms with E-state index in [9.17, 15) is 13.2 Å². The van der Waals surface area contributed by atoms with Crippen LogP contribution in [-0.4, -0.2) is 36.7 Å². The molecule has 0 radical (unpaired) electrons. The first kappa shape index (κ1) is 14.4. The number of hydrogen-bond donors (Lipinski definition) is 2. The van der Waals surface area contributed by atoms with Gasteiger partial charge in [0.2, 0.25) is 5.91 Å². The first-order valence-electron chi connectivity index (χ1n) is 5.87. The van der Waals surface area contributed by atoms with Crippen molar-refractivity contribution < 1.29 is 13.2 Å². The van der Waals surface area contributed by atoms with Crippen molar-refractivity contribution in [3.8, 4) is 0 Å². The molecule has 1 aliphatic rings. The number of aryl methyl sites for hydroxylation is 1. The molecule has 0 unspecified atom stereocenters. The SMILES string of the molecule is Cc1cnc(NC(=O)C2CCN(S(N)(=O)=O)CC2)s1. The molecule has 0 atom stereocenters. The lowest BCUT2D eigenvalue weighted by Crippen LogP contribution is -2.44. The maximum Gasteiger partial charge on any atom is 0.276 e. The van der Waals surface area contributed by atoms with Gasteiger partial charge in [0.25, 0.3) is 10.2 Å². The topological polar surface area (TPSA) is 105 Å². The Morgan fingerprint density at radius 2 is 2.16 bits per heavy atom. The van der Waals surface area contributed by atoms with Crippen molar-refractivity contribution in [2.45, 2.75) is 19.8 Å². The number of carbonyl (C=O) groups excluding carboxylic acids is 1. The van der Waals surface area contributed by atoms with E-state index in [-0.39, 0.29) is 24.9 Å². The second-order valence-electron chi connectivity index (χ2n) is 4.48. The number of nitrogens with one attached hydrogen (secondary N) is 1. The molecule has 1 aliphatic heterocycles. The number of amides is 1. The van der Waals surface area contributed by atoms with Crippen LogP contribution in [0.15, 0.2) is 6.20 Å². The van der Waals surface area contributed by atoms with E-state index in [2.05, 4.69) is 10.3 Å². The first-order valence-corrected chi connectivity index (χ1v) is 8.19. The molecular formula is C10H16N4O3S2. The number of aromatic nitrogens is 1. The third kappa shape index (κ3) is 3.72. The molecule has 2 heterocycles. The lowest BCUT2D eigenvalue weighted by Gasteiger charge is -2.28. The average Bonchev–Trinajstić information content (AvgIpc) is 2.74. The lowest BCUT2D eigenvalue weighted by molar-refractivity contribution is -0.120. The van der Waals surface area contributed by atoms with E-state index in [0.717, 1.165) is 4.88 Å². The normalized spacial score (nSPS) is 18.4. The Morgan fingerprint density at radius 1 is 1.53 bits per heavy atom. The molecule has 9 heteroatoms. The molecule has 1 saturated heterocycles. The molecule has 1 aromatic rings. The van der Waals surface area contributed by atoms with E-state index in [4.69, 9.17) is 5.14 Å². The number of hydrogen-bond acceptors (Lipinski definition) is 5. The van der Waals surface area contributed by atoms with E-state index < -0.39 is 10.2 Å². The van der Waals surface area contributed by atoms with Crippen molar-refractivity contribution in [3.63, 3.8) is 0 Å². The van der Waals surface area contributed by atoms with E-state index in [0.29, 0.717) is 18.0 Å². The van der Waals surface area contributed by atoms with Gasteiger partial charge in [-0.25, -0.2) is 10.1 Å². The Balaban J connectivity index is 1.89. The lowest BCUT2D eigenvalue weighted by atomic mass is 9.97. The van der Waals surface area contributed by atoms with Crippen molar-refractivity contribution in [1.82, 2.24) is 9.29 Å². The Morgan fingerprint density at radius 3 is 2.63 bits per heavy atom. The molecule has 0 bridgehead atoms. The fourth-order valence-corrected chi connectivity index (χ4v) is 3.38. The van der Waals surface area contributed by atoms with Gasteiger partial charge in [-0.05, 0) is 19.8 Å². The maximum absolute atomic E-state index is 12.0. The van der Waals surface area contributed by atoms with Crippen molar-refractivity contribution in [1.29, 1.82) is 0 Å². The standard InChI is InChI=1S/C10H16N4O3S2/c1-7-6-12-10(18-7)13-9(15)8-2-4-14(5-3-8)19(11,16)17/h6,8H,2-5H2,1H3,(H2,11,16,17)(H,12,13,15). The molecule has 0 spiro atoms. The fraction of sp³-hybridized carbons (Fsp3) is 0.600. The molecule has 106 valence electrons. The van der Waals surface area contributed by atoms with Gasteiger partial charge in [-0.15, -0.1) is 11.3 Å². The van der Waals surface area contributed by atoms with Crippen molar-refractivity contribution in [2.75, 3.05) is 18.4 Å². The molecule has 3 N–H and O–H groups in total. The van der Waals surface area contributed by atoms with Crippen LogP contribution in [0.5, 0.6) is 0 Å². The monoisotopic (exact) mass is 304 g/mol. The summed E-state index contributed by atoms with van der Waals surface area (Å²) in [5.41, 5.74) is 0. The van der Waals surface area contributed by atoms with E-state index >= 15 is 0 Å². The summed E-state index contributed by atoms with van der Waals surface area (Å²) in [4.78, 5) is 17.1. The molecule has 1 fully saturated rings. The summed E-state index contributed by atoms with van der Waals surface area (Å²) in [6.07, 6.45) is 2.66. The van der Waals surface area contributed by atoms with Crippen LogP contribution in [0.4, 0.5) is 5.13 Å². The number of rotatable bonds is 3. The highest BCUT2D eigenvalue weighted by Crippen LogP contribution is 2.22. The summed E-state index contributed by atoms with van der Waals surface area (Å²) >= 11 is 1.42. The Bertz CT molecular complexity index is 561. The number of anilines is 1. The van der Waals surface area contributed by atoms with Gasteiger partial charge in [0.1, 0.15) is 0 Å². The summed E-state index contributed by atoms with van der Waals surface area (Å²) < 4.78 is 23.5. The molecule has 19 heavy (non-hydrogen) atoms. The highest BCUT2D eigenvalue weighted by atomic mass is 32.2. The molecule has 0 saturated carbocycles. The van der Waals surface area contributed by atoms with Crippen LogP contribution in [0, 0.1) is 12.8 Å². The van der Waals surface area contributed by atoms with Crippen molar-refractivity contribution in [3.05, 3.63) is 11.1 Å². The average molecular weight is 304 g/mol. The molecule has 1 amide bonds. The molecule has 7 nitrogen and oxygen atoms in total. The largest absolute Gasteiger partial charge is 0.302 e. The first-order chi connectivity index (χ1) is 8.86. The van der Waals surface area contributed by atoms with Crippen molar-refractivity contribution >= 4 is 32.6 Å². The van der Waals surface area contributed by atoms with Gasteiger partial charge in [0.15, 0.2) is 5.13 Å². The zero-order valence-corrected chi connectivity index (χ0v) is 12.1. The number of piperidine rings is 1. The summed E-state index contributed by atoms with van der Waals surface area (Å²) in [7, 11) is -3.64. The van der Waals surface area contributed by atoms with Crippen LogP contribution in [0.3, 0.4) is 0 Å². The van der Waals surface area contributed by atoms with E-state index in [1.807, 2.05) is 6.92 Å². The molecule has 1 aromatic heterocycles. The van der Waals surface area contributed by atoms with Crippen LogP contribution >= 0.6 is 11.3 Å². The number of thiazole rings is 1. The summed E-state index contributed by atoms with van der Waals surface area (Å²) in [6.45, 7) is 2.49. The van der Waals surface area contributed by atoms with Gasteiger partial charge in [0.05, 0.1) is 0 Å². The van der Waals surface area contributed by atoms with Gasteiger partial charge in [-0.3, -0.25) is 4.79 Å². The van der Waals surface area contributed by atoms with Crippen LogP contribution in [0.25, 0.3) is 0 Å². The zero-order chi connectivity index (χ0) is 14.0. The van der Waals surface area contributed by atoms with Gasteiger partial charge < -0.3 is 5.32 Å². The summed E-state index contributed by atoms with van der Waals surface area (Å²) in [5, 5.41) is 8.38.